The molecule has 1 aliphatic carbocycles. The highest BCUT2D eigenvalue weighted by atomic mass is 16.5. The van der Waals surface area contributed by atoms with E-state index in [1.165, 1.54) is 5.56 Å². The summed E-state index contributed by atoms with van der Waals surface area (Å²) in [6.45, 7) is 4.31. The van der Waals surface area contributed by atoms with Crippen LogP contribution in [-0.4, -0.2) is 6.10 Å². The second-order valence-corrected chi connectivity index (χ2v) is 5.96. The van der Waals surface area contributed by atoms with Gasteiger partial charge in [0.05, 0.1) is 12.2 Å². The van der Waals surface area contributed by atoms with Crippen LogP contribution in [0.2, 0.25) is 0 Å². The molecule has 0 N–H and O–H groups in total. The molecule has 1 aromatic rings. The molecule has 1 aromatic carbocycles. The summed E-state index contributed by atoms with van der Waals surface area (Å²) in [6.07, 6.45) is 6.92. The van der Waals surface area contributed by atoms with Crippen molar-refractivity contribution in [2.45, 2.75) is 64.4 Å². The zero-order valence-corrected chi connectivity index (χ0v) is 12.6. The lowest BCUT2D eigenvalue weighted by Gasteiger charge is -2.25. The van der Waals surface area contributed by atoms with Gasteiger partial charge >= 0.3 is 0 Å². The van der Waals surface area contributed by atoms with Crippen molar-refractivity contribution in [2.75, 3.05) is 0 Å². The first-order valence-corrected chi connectivity index (χ1v) is 7.89. The summed E-state index contributed by atoms with van der Waals surface area (Å²) in [7, 11) is 0. The third-order valence-corrected chi connectivity index (χ3v) is 4.29. The molecule has 20 heavy (non-hydrogen) atoms. The van der Waals surface area contributed by atoms with Crippen molar-refractivity contribution in [3.63, 3.8) is 0 Å². The molecule has 2 rings (SSSR count). The fraction of sp³-hybridized carbons (Fsp3) is 0.611. The molecule has 2 nitrogen and oxygen atoms in total. The molecule has 0 spiro atoms. The fourth-order valence-electron chi connectivity index (χ4n) is 3.07. The summed E-state index contributed by atoms with van der Waals surface area (Å²) in [4.78, 5) is 0. The van der Waals surface area contributed by atoms with Gasteiger partial charge in [-0.25, -0.2) is 0 Å². The Morgan fingerprint density at radius 3 is 2.40 bits per heavy atom. The topological polar surface area (TPSA) is 33.0 Å². The number of nitrogens with zero attached hydrogens (tertiary/aromatic N) is 1. The molecule has 2 heteroatoms. The second kappa shape index (κ2) is 7.33. The Kier molecular flexibility index (Phi) is 5.47. The lowest BCUT2D eigenvalue weighted by atomic mass is 9.79. The Morgan fingerprint density at radius 2 is 1.85 bits per heavy atom. The van der Waals surface area contributed by atoms with E-state index in [1.54, 1.807) is 0 Å². The lowest BCUT2D eigenvalue weighted by Crippen LogP contribution is -2.12. The van der Waals surface area contributed by atoms with E-state index < -0.39 is 0 Å². The van der Waals surface area contributed by atoms with Crippen LogP contribution in [-0.2, 0) is 0 Å². The van der Waals surface area contributed by atoms with E-state index in [2.05, 4.69) is 44.2 Å². The van der Waals surface area contributed by atoms with Gasteiger partial charge in [-0.2, -0.15) is 5.26 Å². The van der Waals surface area contributed by atoms with Crippen molar-refractivity contribution >= 4 is 0 Å². The minimum atomic E-state index is 0.281. The Hall–Kier alpha value is -1.49. The molecule has 108 valence electrons. The van der Waals surface area contributed by atoms with Crippen LogP contribution in [0.4, 0.5) is 0 Å². The first-order chi connectivity index (χ1) is 9.72. The molecule has 0 heterocycles. The maximum atomic E-state index is 8.95. The van der Waals surface area contributed by atoms with Crippen LogP contribution in [0, 0.1) is 17.2 Å². The van der Waals surface area contributed by atoms with Crippen LogP contribution in [0.1, 0.15) is 63.9 Å². The van der Waals surface area contributed by atoms with E-state index in [1.807, 2.05) is 0 Å². The molecule has 0 aliphatic heterocycles. The average molecular weight is 271 g/mol. The van der Waals surface area contributed by atoms with Crippen molar-refractivity contribution in [1.82, 2.24) is 0 Å². The highest BCUT2D eigenvalue weighted by Gasteiger charge is 2.21. The van der Waals surface area contributed by atoms with Crippen LogP contribution < -0.4 is 4.74 Å². The van der Waals surface area contributed by atoms with Crippen molar-refractivity contribution in [3.05, 3.63) is 29.8 Å². The number of hydrogen-bond acceptors (Lipinski definition) is 2. The molecule has 0 saturated heterocycles. The maximum absolute atomic E-state index is 8.95. The predicted octanol–water partition coefficient (Wildman–Crippen LogP) is 5.05. The highest BCUT2D eigenvalue weighted by molar-refractivity contribution is 5.30. The Morgan fingerprint density at radius 1 is 1.20 bits per heavy atom. The maximum Gasteiger partial charge on any atom is 0.119 e. The molecular formula is C18H25NO. The molecule has 1 fully saturated rings. The van der Waals surface area contributed by atoms with Crippen LogP contribution in [0.25, 0.3) is 0 Å². The van der Waals surface area contributed by atoms with E-state index in [0.29, 0.717) is 5.92 Å². The molecule has 0 radical (unpaired) electrons. The van der Waals surface area contributed by atoms with Gasteiger partial charge in [0.1, 0.15) is 5.75 Å². The molecule has 0 bridgehead atoms. The molecular weight excluding hydrogens is 246 g/mol. The first-order valence-electron chi connectivity index (χ1n) is 7.89. The van der Waals surface area contributed by atoms with Crippen LogP contribution >= 0.6 is 0 Å². The molecule has 0 aromatic heterocycles. The highest BCUT2D eigenvalue weighted by Crippen LogP contribution is 2.36. The molecule has 0 amide bonds. The monoisotopic (exact) mass is 271 g/mol. The quantitative estimate of drug-likeness (QED) is 0.750. The molecule has 1 aliphatic rings. The Bertz CT molecular complexity index is 437. The molecule has 1 atom stereocenters. The summed E-state index contributed by atoms with van der Waals surface area (Å²) in [6, 6.07) is 11.0. The number of hydrogen-bond donors (Lipinski definition) is 0. The van der Waals surface area contributed by atoms with E-state index in [-0.39, 0.29) is 12.0 Å². The summed E-state index contributed by atoms with van der Waals surface area (Å²) < 4.78 is 5.89. The summed E-state index contributed by atoms with van der Waals surface area (Å²) >= 11 is 0. The summed E-state index contributed by atoms with van der Waals surface area (Å²) in [5.74, 6) is 1.88. The normalized spacial score (nSPS) is 23.9. The van der Waals surface area contributed by atoms with Crippen molar-refractivity contribution in [3.8, 4) is 11.8 Å². The fourth-order valence-corrected chi connectivity index (χ4v) is 3.07. The zero-order valence-electron chi connectivity index (χ0n) is 12.6. The summed E-state index contributed by atoms with van der Waals surface area (Å²) in [5, 5.41) is 8.95. The molecule has 1 unspecified atom stereocenters. The van der Waals surface area contributed by atoms with Crippen molar-refractivity contribution < 1.29 is 4.74 Å². The number of benzene rings is 1. The van der Waals surface area contributed by atoms with Gasteiger partial charge in [-0.1, -0.05) is 25.5 Å². The molecule has 1 saturated carbocycles. The van der Waals surface area contributed by atoms with Crippen molar-refractivity contribution in [1.29, 1.82) is 5.26 Å². The third kappa shape index (κ3) is 4.00. The standard InChI is InChI=1S/C18H25NO/c1-3-4-14(2)20-18-11-9-17(10-12-18)16-7-5-15(13-19)6-8-16/h9-12,14-16H,3-8H2,1-2H3. The third-order valence-electron chi connectivity index (χ3n) is 4.29. The first kappa shape index (κ1) is 14.9. The van der Waals surface area contributed by atoms with Gasteiger partial charge in [0.2, 0.25) is 0 Å². The van der Waals surface area contributed by atoms with Gasteiger partial charge in [0, 0.05) is 5.92 Å². The average Bonchev–Trinajstić information content (AvgIpc) is 2.48. The van der Waals surface area contributed by atoms with Gasteiger partial charge in [-0.15, -0.1) is 0 Å². The largest absolute Gasteiger partial charge is 0.491 e. The number of ether oxygens (including phenoxy) is 1. The van der Waals surface area contributed by atoms with E-state index in [0.717, 1.165) is 44.3 Å². The SMILES string of the molecule is CCCC(C)Oc1ccc(C2CCC(C#N)CC2)cc1. The van der Waals surface area contributed by atoms with Crippen LogP contribution in [0.3, 0.4) is 0 Å². The lowest BCUT2D eigenvalue weighted by molar-refractivity contribution is 0.210. The van der Waals surface area contributed by atoms with Crippen LogP contribution in [0.15, 0.2) is 24.3 Å². The van der Waals surface area contributed by atoms with Gasteiger partial charge in [-0.05, 0) is 62.6 Å². The summed E-state index contributed by atoms with van der Waals surface area (Å²) in [5.41, 5.74) is 1.40. The Labute approximate surface area is 122 Å². The number of nitriles is 1. The second-order valence-electron chi connectivity index (χ2n) is 5.96. The predicted molar refractivity (Wildman–Crippen MR) is 81.8 cm³/mol. The van der Waals surface area contributed by atoms with Crippen LogP contribution in [0.5, 0.6) is 5.75 Å². The van der Waals surface area contributed by atoms with Gasteiger partial charge in [-0.3, -0.25) is 0 Å². The van der Waals surface area contributed by atoms with Gasteiger partial charge < -0.3 is 4.74 Å². The minimum Gasteiger partial charge on any atom is -0.491 e. The van der Waals surface area contributed by atoms with Gasteiger partial charge in [0.25, 0.3) is 0 Å². The minimum absolute atomic E-state index is 0.281. The smallest absolute Gasteiger partial charge is 0.119 e. The van der Waals surface area contributed by atoms with E-state index in [9.17, 15) is 0 Å². The van der Waals surface area contributed by atoms with Crippen molar-refractivity contribution in [2.24, 2.45) is 5.92 Å². The Balaban J connectivity index is 1.90. The number of rotatable bonds is 5. The van der Waals surface area contributed by atoms with Gasteiger partial charge in [0.15, 0.2) is 0 Å². The zero-order chi connectivity index (χ0) is 14.4. The van der Waals surface area contributed by atoms with E-state index in [4.69, 9.17) is 10.00 Å². The van der Waals surface area contributed by atoms with E-state index >= 15 is 0 Å².